The van der Waals surface area contributed by atoms with Crippen molar-refractivity contribution >= 4 is 11.9 Å². The molecule has 0 aliphatic rings. The Hall–Kier alpha value is -2.96. The predicted molar refractivity (Wildman–Crippen MR) is 73.1 cm³/mol. The summed E-state index contributed by atoms with van der Waals surface area (Å²) >= 11 is 0. The largest absolute Gasteiger partial charge is 0.289 e. The van der Waals surface area contributed by atoms with E-state index in [4.69, 9.17) is 0 Å². The molecular weight excluding hydrogens is 256 g/mol. The number of aromatic nitrogens is 5. The number of hydrogen-bond acceptors (Lipinski definition) is 4. The SMILES string of the molecule is Cc1nc(NC(=O)c2cn[nH]c2-c2ccccc2)n[nH]1. The highest BCUT2D eigenvalue weighted by Gasteiger charge is 2.16. The maximum absolute atomic E-state index is 12.2. The van der Waals surface area contributed by atoms with Crippen LogP contribution in [0.15, 0.2) is 36.5 Å². The summed E-state index contributed by atoms with van der Waals surface area (Å²) in [5.41, 5.74) is 2.00. The number of hydrogen-bond donors (Lipinski definition) is 3. The van der Waals surface area contributed by atoms with Crippen molar-refractivity contribution in [3.8, 4) is 11.3 Å². The Kier molecular flexibility index (Phi) is 3.00. The Morgan fingerprint density at radius 2 is 2.00 bits per heavy atom. The van der Waals surface area contributed by atoms with Gasteiger partial charge < -0.3 is 0 Å². The van der Waals surface area contributed by atoms with Gasteiger partial charge in [-0.2, -0.15) is 10.1 Å². The van der Waals surface area contributed by atoms with E-state index in [2.05, 4.69) is 30.7 Å². The first-order valence-corrected chi connectivity index (χ1v) is 6.03. The lowest BCUT2D eigenvalue weighted by Crippen LogP contribution is -2.13. The van der Waals surface area contributed by atoms with Gasteiger partial charge in [0.15, 0.2) is 0 Å². The molecule has 0 unspecified atom stereocenters. The summed E-state index contributed by atoms with van der Waals surface area (Å²) in [5.74, 6) is 0.570. The molecule has 0 saturated heterocycles. The van der Waals surface area contributed by atoms with Crippen molar-refractivity contribution in [1.82, 2.24) is 25.4 Å². The van der Waals surface area contributed by atoms with Gasteiger partial charge in [0.1, 0.15) is 5.82 Å². The molecule has 100 valence electrons. The van der Waals surface area contributed by atoms with Crippen LogP contribution in [0.1, 0.15) is 16.2 Å². The minimum absolute atomic E-state index is 0.243. The Labute approximate surface area is 114 Å². The van der Waals surface area contributed by atoms with Gasteiger partial charge in [0.2, 0.25) is 5.95 Å². The second-order valence-electron chi connectivity index (χ2n) is 4.22. The van der Waals surface area contributed by atoms with E-state index in [9.17, 15) is 4.79 Å². The zero-order chi connectivity index (χ0) is 13.9. The standard InChI is InChI=1S/C13H12N6O/c1-8-15-13(19-17-8)16-12(20)10-7-14-18-11(10)9-5-3-2-4-6-9/h2-7H,1H3,(H,14,18)(H2,15,16,17,19,20). The number of anilines is 1. The van der Waals surface area contributed by atoms with E-state index in [0.29, 0.717) is 17.1 Å². The fourth-order valence-electron chi connectivity index (χ4n) is 1.85. The molecule has 0 radical (unpaired) electrons. The van der Waals surface area contributed by atoms with Crippen molar-refractivity contribution in [2.45, 2.75) is 6.92 Å². The summed E-state index contributed by atoms with van der Waals surface area (Å²) < 4.78 is 0. The molecule has 3 aromatic rings. The maximum Gasteiger partial charge on any atom is 0.261 e. The minimum Gasteiger partial charge on any atom is -0.289 e. The zero-order valence-electron chi connectivity index (χ0n) is 10.7. The van der Waals surface area contributed by atoms with Crippen LogP contribution in [-0.4, -0.2) is 31.3 Å². The Morgan fingerprint density at radius 1 is 1.20 bits per heavy atom. The average molecular weight is 268 g/mol. The van der Waals surface area contributed by atoms with Crippen molar-refractivity contribution in [1.29, 1.82) is 0 Å². The van der Waals surface area contributed by atoms with Gasteiger partial charge in [-0.1, -0.05) is 30.3 Å². The van der Waals surface area contributed by atoms with Crippen molar-refractivity contribution < 1.29 is 4.79 Å². The number of H-pyrrole nitrogens is 2. The van der Waals surface area contributed by atoms with Crippen LogP contribution in [0.4, 0.5) is 5.95 Å². The second kappa shape index (κ2) is 4.96. The molecule has 1 aromatic carbocycles. The van der Waals surface area contributed by atoms with Gasteiger partial charge in [-0.15, -0.1) is 5.10 Å². The number of nitrogens with one attached hydrogen (secondary N) is 3. The monoisotopic (exact) mass is 268 g/mol. The number of carbonyl (C=O) groups excluding carboxylic acids is 1. The molecule has 0 fully saturated rings. The molecule has 0 aliphatic carbocycles. The normalized spacial score (nSPS) is 10.4. The quantitative estimate of drug-likeness (QED) is 0.673. The predicted octanol–water partition coefficient (Wildman–Crippen LogP) is 1.76. The van der Waals surface area contributed by atoms with E-state index < -0.39 is 0 Å². The van der Waals surface area contributed by atoms with Gasteiger partial charge in [-0.25, -0.2) is 0 Å². The third kappa shape index (κ3) is 2.28. The van der Waals surface area contributed by atoms with E-state index >= 15 is 0 Å². The smallest absolute Gasteiger partial charge is 0.261 e. The van der Waals surface area contributed by atoms with Crippen LogP contribution < -0.4 is 5.32 Å². The number of aromatic amines is 2. The number of rotatable bonds is 3. The van der Waals surface area contributed by atoms with E-state index in [1.807, 2.05) is 30.3 Å². The van der Waals surface area contributed by atoms with Crippen LogP contribution in [-0.2, 0) is 0 Å². The summed E-state index contributed by atoms with van der Waals surface area (Å²) in [6.45, 7) is 1.76. The molecule has 7 heteroatoms. The fraction of sp³-hybridized carbons (Fsp3) is 0.0769. The lowest BCUT2D eigenvalue weighted by Gasteiger charge is -2.02. The van der Waals surface area contributed by atoms with Crippen LogP contribution in [0.2, 0.25) is 0 Å². The summed E-state index contributed by atoms with van der Waals surface area (Å²) in [6, 6.07) is 9.52. The van der Waals surface area contributed by atoms with Gasteiger partial charge in [0.05, 0.1) is 17.5 Å². The molecule has 7 nitrogen and oxygen atoms in total. The van der Waals surface area contributed by atoms with Crippen molar-refractivity contribution in [2.24, 2.45) is 0 Å². The van der Waals surface area contributed by atoms with E-state index in [1.54, 1.807) is 6.92 Å². The van der Waals surface area contributed by atoms with E-state index in [0.717, 1.165) is 5.56 Å². The first-order valence-electron chi connectivity index (χ1n) is 6.03. The lowest BCUT2D eigenvalue weighted by molar-refractivity contribution is 0.102. The molecule has 0 spiro atoms. The molecule has 2 aromatic heterocycles. The summed E-state index contributed by atoms with van der Waals surface area (Å²) in [4.78, 5) is 16.2. The van der Waals surface area contributed by atoms with E-state index in [-0.39, 0.29) is 11.9 Å². The average Bonchev–Trinajstić information content (AvgIpc) is 3.09. The molecule has 20 heavy (non-hydrogen) atoms. The molecule has 0 atom stereocenters. The van der Waals surface area contributed by atoms with Crippen molar-refractivity contribution in [3.05, 3.63) is 47.9 Å². The molecule has 0 bridgehead atoms. The molecule has 2 heterocycles. The molecule has 0 saturated carbocycles. The van der Waals surface area contributed by atoms with Gasteiger partial charge in [0.25, 0.3) is 5.91 Å². The lowest BCUT2D eigenvalue weighted by atomic mass is 10.1. The third-order valence-electron chi connectivity index (χ3n) is 2.77. The van der Waals surface area contributed by atoms with Crippen LogP contribution in [0.25, 0.3) is 11.3 Å². The van der Waals surface area contributed by atoms with Gasteiger partial charge in [-0.05, 0) is 6.92 Å². The highest BCUT2D eigenvalue weighted by atomic mass is 16.1. The van der Waals surface area contributed by atoms with Gasteiger partial charge >= 0.3 is 0 Å². The highest BCUT2D eigenvalue weighted by Crippen LogP contribution is 2.21. The molecule has 3 N–H and O–H groups in total. The molecule has 0 aliphatic heterocycles. The van der Waals surface area contributed by atoms with Gasteiger partial charge in [-0.3, -0.25) is 20.3 Å². The molecule has 3 rings (SSSR count). The van der Waals surface area contributed by atoms with Crippen LogP contribution in [0.5, 0.6) is 0 Å². The number of amides is 1. The Balaban J connectivity index is 1.88. The van der Waals surface area contributed by atoms with Crippen LogP contribution >= 0.6 is 0 Å². The summed E-state index contributed by atoms with van der Waals surface area (Å²) in [5, 5.41) is 15.9. The van der Waals surface area contributed by atoms with Crippen molar-refractivity contribution in [2.75, 3.05) is 5.32 Å². The summed E-state index contributed by atoms with van der Waals surface area (Å²) in [6.07, 6.45) is 1.48. The van der Waals surface area contributed by atoms with Crippen molar-refractivity contribution in [3.63, 3.8) is 0 Å². The molecular formula is C13H12N6O. The first kappa shape index (κ1) is 12.1. The van der Waals surface area contributed by atoms with Crippen LogP contribution in [0, 0.1) is 6.92 Å². The first-order chi connectivity index (χ1) is 9.74. The Bertz CT molecular complexity index is 730. The van der Waals surface area contributed by atoms with Gasteiger partial charge in [0, 0.05) is 5.56 Å². The van der Waals surface area contributed by atoms with E-state index in [1.165, 1.54) is 6.20 Å². The zero-order valence-corrected chi connectivity index (χ0v) is 10.7. The third-order valence-corrected chi connectivity index (χ3v) is 2.77. The Morgan fingerprint density at radius 3 is 2.70 bits per heavy atom. The summed E-state index contributed by atoms with van der Waals surface area (Å²) in [7, 11) is 0. The minimum atomic E-state index is -0.309. The number of aryl methyl sites for hydroxylation is 1. The maximum atomic E-state index is 12.2. The molecule has 1 amide bonds. The highest BCUT2D eigenvalue weighted by molar-refractivity contribution is 6.07. The van der Waals surface area contributed by atoms with Crippen LogP contribution in [0.3, 0.4) is 0 Å². The number of nitrogens with zero attached hydrogens (tertiary/aromatic N) is 3. The number of benzene rings is 1. The second-order valence-corrected chi connectivity index (χ2v) is 4.22. The topological polar surface area (TPSA) is 99.3 Å². The number of carbonyl (C=O) groups is 1. The fourth-order valence-corrected chi connectivity index (χ4v) is 1.85.